The number of rotatable bonds is 7. The van der Waals surface area contributed by atoms with Gasteiger partial charge >= 0.3 is 5.97 Å². The van der Waals surface area contributed by atoms with E-state index in [-0.39, 0.29) is 16.9 Å². The van der Waals surface area contributed by atoms with Gasteiger partial charge in [-0.25, -0.2) is 4.79 Å². The van der Waals surface area contributed by atoms with Crippen molar-refractivity contribution >= 4 is 11.8 Å². The second-order valence-corrected chi connectivity index (χ2v) is 9.69. The second kappa shape index (κ2) is 9.86. The second-order valence-electron chi connectivity index (χ2n) is 9.69. The van der Waals surface area contributed by atoms with Crippen molar-refractivity contribution in [3.63, 3.8) is 0 Å². The summed E-state index contributed by atoms with van der Waals surface area (Å²) >= 11 is 0. The van der Waals surface area contributed by atoms with Gasteiger partial charge in [-0.05, 0) is 69.8 Å². The van der Waals surface area contributed by atoms with Crippen LogP contribution >= 0.6 is 0 Å². The topological polar surface area (TPSA) is 72.8 Å². The van der Waals surface area contributed by atoms with Gasteiger partial charge in [-0.15, -0.1) is 0 Å². The van der Waals surface area contributed by atoms with Gasteiger partial charge in [0, 0.05) is 11.1 Å². The minimum absolute atomic E-state index is 0.0205. The standard InChI is InChI=1S/C35H26O5/c1-39-25-16-12-23(13-17-25)35(24-14-18-26(40-2)19-15-24)31-10-6-5-7-27(31)28-20-11-22(21-32(28)35)33(36)29-8-3-4-9-30(29)34(37)38/h3-21H,1-2H3,(H,37,38). The summed E-state index contributed by atoms with van der Waals surface area (Å²) in [5.74, 6) is 0.0159. The average molecular weight is 527 g/mol. The first-order valence-electron chi connectivity index (χ1n) is 12.9. The number of carbonyl (C=O) groups is 2. The lowest BCUT2D eigenvalue weighted by atomic mass is 9.67. The van der Waals surface area contributed by atoms with Crippen molar-refractivity contribution in [3.8, 4) is 22.6 Å². The zero-order chi connectivity index (χ0) is 27.9. The highest BCUT2D eigenvalue weighted by molar-refractivity contribution is 6.14. The van der Waals surface area contributed by atoms with Gasteiger partial charge < -0.3 is 14.6 Å². The van der Waals surface area contributed by atoms with Crippen molar-refractivity contribution in [2.45, 2.75) is 5.41 Å². The number of aromatic carboxylic acids is 1. The van der Waals surface area contributed by atoms with E-state index in [2.05, 4.69) is 36.4 Å². The van der Waals surface area contributed by atoms with E-state index >= 15 is 0 Å². The summed E-state index contributed by atoms with van der Waals surface area (Å²) in [6.45, 7) is 0. The molecule has 0 atom stereocenters. The van der Waals surface area contributed by atoms with E-state index in [0.717, 1.165) is 44.9 Å². The van der Waals surface area contributed by atoms with Crippen LogP contribution in [0.3, 0.4) is 0 Å². The molecule has 1 aliphatic carbocycles. The van der Waals surface area contributed by atoms with E-state index < -0.39 is 11.4 Å². The van der Waals surface area contributed by atoms with Crippen molar-refractivity contribution in [1.82, 2.24) is 0 Å². The van der Waals surface area contributed by atoms with Crippen LogP contribution in [0.25, 0.3) is 11.1 Å². The molecule has 196 valence electrons. The molecular weight excluding hydrogens is 500 g/mol. The molecule has 0 fully saturated rings. The van der Waals surface area contributed by atoms with E-state index in [1.54, 1.807) is 38.5 Å². The predicted molar refractivity (Wildman–Crippen MR) is 154 cm³/mol. The van der Waals surface area contributed by atoms with Crippen LogP contribution in [0.4, 0.5) is 0 Å². The molecule has 0 aromatic heterocycles. The fraction of sp³-hybridized carbons (Fsp3) is 0.0857. The number of carbonyl (C=O) groups excluding carboxylic acids is 1. The van der Waals surface area contributed by atoms with Crippen LogP contribution in [0.2, 0.25) is 0 Å². The van der Waals surface area contributed by atoms with Crippen LogP contribution in [0.1, 0.15) is 48.5 Å². The predicted octanol–water partition coefficient (Wildman–Crippen LogP) is 7.00. The first-order valence-corrected chi connectivity index (χ1v) is 12.9. The Kier molecular flexibility index (Phi) is 6.20. The minimum atomic E-state index is -1.14. The molecule has 0 saturated carbocycles. The van der Waals surface area contributed by atoms with Crippen molar-refractivity contribution in [2.24, 2.45) is 0 Å². The number of carboxylic acid groups (broad SMARTS) is 1. The Morgan fingerprint density at radius 1 is 0.600 bits per heavy atom. The van der Waals surface area contributed by atoms with Crippen molar-refractivity contribution in [2.75, 3.05) is 14.2 Å². The van der Waals surface area contributed by atoms with Crippen LogP contribution < -0.4 is 9.47 Å². The molecule has 6 rings (SSSR count). The maximum Gasteiger partial charge on any atom is 0.336 e. The Morgan fingerprint density at radius 3 is 1.70 bits per heavy atom. The Labute approximate surface area is 232 Å². The molecule has 0 heterocycles. The van der Waals surface area contributed by atoms with Crippen LogP contribution in [0, 0.1) is 0 Å². The molecule has 0 radical (unpaired) electrons. The van der Waals surface area contributed by atoms with E-state index in [1.807, 2.05) is 48.5 Å². The molecule has 0 aliphatic heterocycles. The quantitative estimate of drug-likeness (QED) is 0.227. The van der Waals surface area contributed by atoms with Gasteiger partial charge in [0.25, 0.3) is 0 Å². The van der Waals surface area contributed by atoms with Crippen LogP contribution in [-0.4, -0.2) is 31.1 Å². The van der Waals surface area contributed by atoms with Crippen molar-refractivity contribution in [1.29, 1.82) is 0 Å². The Balaban J connectivity index is 1.65. The number of methoxy groups -OCH3 is 2. The summed E-state index contributed by atoms with van der Waals surface area (Å²) in [6.07, 6.45) is 0. The highest BCUT2D eigenvalue weighted by Gasteiger charge is 2.46. The van der Waals surface area contributed by atoms with Gasteiger partial charge in [0.1, 0.15) is 11.5 Å². The zero-order valence-corrected chi connectivity index (χ0v) is 22.0. The Morgan fingerprint density at radius 2 is 1.12 bits per heavy atom. The summed E-state index contributed by atoms with van der Waals surface area (Å²) in [5.41, 5.74) is 5.98. The Hall–Kier alpha value is -5.16. The highest BCUT2D eigenvalue weighted by Crippen LogP contribution is 2.56. The summed E-state index contributed by atoms with van der Waals surface area (Å²) in [5, 5.41) is 9.73. The molecule has 0 saturated heterocycles. The fourth-order valence-corrected chi connectivity index (χ4v) is 5.91. The van der Waals surface area contributed by atoms with Crippen LogP contribution in [-0.2, 0) is 5.41 Å². The largest absolute Gasteiger partial charge is 0.497 e. The molecule has 5 aromatic rings. The summed E-state index contributed by atoms with van der Waals surface area (Å²) in [6, 6.07) is 36.3. The van der Waals surface area contributed by atoms with Crippen molar-refractivity contribution in [3.05, 3.63) is 154 Å². The molecule has 5 heteroatoms. The molecular formula is C35H26O5. The smallest absolute Gasteiger partial charge is 0.336 e. The van der Waals surface area contributed by atoms with Gasteiger partial charge in [0.15, 0.2) is 5.78 Å². The molecule has 40 heavy (non-hydrogen) atoms. The third-order valence-electron chi connectivity index (χ3n) is 7.76. The number of hydrogen-bond donors (Lipinski definition) is 1. The van der Waals surface area contributed by atoms with Gasteiger partial charge in [-0.2, -0.15) is 0 Å². The number of ketones is 1. The first kappa shape index (κ1) is 25.1. The Bertz CT molecular complexity index is 1700. The lowest BCUT2D eigenvalue weighted by Gasteiger charge is -2.34. The summed E-state index contributed by atoms with van der Waals surface area (Å²) in [7, 11) is 3.28. The maximum absolute atomic E-state index is 13.8. The minimum Gasteiger partial charge on any atom is -0.497 e. The highest BCUT2D eigenvalue weighted by atomic mass is 16.5. The molecule has 0 spiro atoms. The molecule has 5 nitrogen and oxygen atoms in total. The first-order chi connectivity index (χ1) is 19.5. The maximum atomic E-state index is 13.8. The summed E-state index contributed by atoms with van der Waals surface area (Å²) < 4.78 is 10.9. The van der Waals surface area contributed by atoms with Gasteiger partial charge in [-0.1, -0.05) is 78.9 Å². The molecule has 0 amide bonds. The normalized spacial score (nSPS) is 12.8. The van der Waals surface area contributed by atoms with E-state index in [9.17, 15) is 14.7 Å². The zero-order valence-electron chi connectivity index (χ0n) is 22.0. The average Bonchev–Trinajstić information content (AvgIpc) is 3.31. The number of carboxylic acids is 1. The lowest BCUT2D eigenvalue weighted by Crippen LogP contribution is -2.29. The van der Waals surface area contributed by atoms with Crippen LogP contribution in [0.5, 0.6) is 11.5 Å². The molecule has 1 N–H and O–H groups in total. The van der Waals surface area contributed by atoms with Gasteiger partial charge in [-0.3, -0.25) is 4.79 Å². The SMILES string of the molecule is COc1ccc(C2(c3ccc(OC)cc3)c3ccccc3-c3ccc(C(=O)c4ccccc4C(=O)O)cc32)cc1. The number of benzene rings is 5. The third kappa shape index (κ3) is 3.78. The molecule has 0 bridgehead atoms. The van der Waals surface area contributed by atoms with E-state index in [1.165, 1.54) is 6.07 Å². The van der Waals surface area contributed by atoms with Gasteiger partial charge in [0.2, 0.25) is 0 Å². The molecule has 0 unspecified atom stereocenters. The molecule has 5 aromatic carbocycles. The number of fused-ring (bicyclic) bond motifs is 3. The number of hydrogen-bond acceptors (Lipinski definition) is 4. The fourth-order valence-electron chi connectivity index (χ4n) is 5.91. The molecule has 1 aliphatic rings. The van der Waals surface area contributed by atoms with Crippen molar-refractivity contribution < 1.29 is 24.2 Å². The third-order valence-corrected chi connectivity index (χ3v) is 7.76. The monoisotopic (exact) mass is 526 g/mol. The summed E-state index contributed by atoms with van der Waals surface area (Å²) in [4.78, 5) is 25.7. The van der Waals surface area contributed by atoms with Gasteiger partial charge in [0.05, 0.1) is 25.2 Å². The van der Waals surface area contributed by atoms with E-state index in [4.69, 9.17) is 9.47 Å². The lowest BCUT2D eigenvalue weighted by molar-refractivity contribution is 0.0692. The number of ether oxygens (including phenoxy) is 2. The van der Waals surface area contributed by atoms with Crippen LogP contribution in [0.15, 0.2) is 115 Å². The van der Waals surface area contributed by atoms with E-state index in [0.29, 0.717) is 5.56 Å².